The average Bonchev–Trinajstić information content (AvgIpc) is 3.57. The van der Waals surface area contributed by atoms with E-state index in [1.54, 1.807) is 32.9 Å². The molecule has 1 saturated carbocycles. The number of ether oxygens (including phenoxy) is 1. The van der Waals surface area contributed by atoms with Crippen molar-refractivity contribution >= 4 is 36.3 Å². The van der Waals surface area contributed by atoms with E-state index in [1.165, 1.54) is 50.7 Å². The standard InChI is InChI=1S/C44H63FN6O6/c1-33(12-14-42(34(2)11-13-40(54)15-26-52)57-44(56)50-24-20-47(21-25-50)38-9-6-4-5-7-10-38)41(32-53)35(3)27-36-28-37(45)30-39(29-36)48-18-22-49(23-19-48)43(55)31-51-17-8-16-46-51/h8,12,14,16-17,26-30,32-34,38,40-42,54H,4-7,9-11,13,15,18-25,31H2,1-3H3/b14-12+,35-27+/t33-,34-,40+,41-,42-/m0/s1. The molecule has 12 nitrogen and oxygen atoms in total. The molecule has 3 fully saturated rings. The zero-order valence-corrected chi connectivity index (χ0v) is 34.1. The van der Waals surface area contributed by atoms with Gasteiger partial charge in [0, 0.05) is 88.8 Å². The number of halogens is 1. The van der Waals surface area contributed by atoms with Crippen LogP contribution in [0.3, 0.4) is 0 Å². The van der Waals surface area contributed by atoms with Gasteiger partial charge in [-0.3, -0.25) is 14.4 Å². The third-order valence-electron chi connectivity index (χ3n) is 12.0. The maximum absolute atomic E-state index is 15.0. The molecule has 312 valence electrons. The fourth-order valence-electron chi connectivity index (χ4n) is 8.40. The van der Waals surface area contributed by atoms with Crippen molar-refractivity contribution in [2.75, 3.05) is 57.3 Å². The van der Waals surface area contributed by atoms with Crippen LogP contribution in [0.1, 0.15) is 84.1 Å². The van der Waals surface area contributed by atoms with E-state index < -0.39 is 18.1 Å². The van der Waals surface area contributed by atoms with Crippen LogP contribution in [0.2, 0.25) is 0 Å². The van der Waals surface area contributed by atoms with E-state index >= 15 is 0 Å². The molecule has 0 radical (unpaired) electrons. The van der Waals surface area contributed by atoms with Crippen molar-refractivity contribution in [3.63, 3.8) is 0 Å². The van der Waals surface area contributed by atoms with Crippen molar-refractivity contribution in [2.24, 2.45) is 17.8 Å². The van der Waals surface area contributed by atoms with Crippen LogP contribution in [-0.2, 0) is 25.7 Å². The summed E-state index contributed by atoms with van der Waals surface area (Å²) < 4.78 is 22.7. The van der Waals surface area contributed by atoms with Gasteiger partial charge in [-0.05, 0) is 80.3 Å². The molecule has 2 amide bonds. The summed E-state index contributed by atoms with van der Waals surface area (Å²) in [5.41, 5.74) is 2.11. The molecule has 13 heteroatoms. The van der Waals surface area contributed by atoms with E-state index in [2.05, 4.69) is 14.9 Å². The van der Waals surface area contributed by atoms with Crippen molar-refractivity contribution in [1.82, 2.24) is 24.5 Å². The van der Waals surface area contributed by atoms with Gasteiger partial charge in [-0.2, -0.15) is 5.10 Å². The molecular weight excluding hydrogens is 728 g/mol. The zero-order valence-electron chi connectivity index (χ0n) is 34.1. The summed E-state index contributed by atoms with van der Waals surface area (Å²) in [6, 6.07) is 7.22. The van der Waals surface area contributed by atoms with Crippen LogP contribution in [0, 0.1) is 23.6 Å². The maximum atomic E-state index is 15.0. The highest BCUT2D eigenvalue weighted by molar-refractivity contribution is 5.76. The number of hydrogen-bond acceptors (Lipinski definition) is 9. The number of aliphatic hydroxyl groups excluding tert-OH is 1. The number of rotatable bonds is 17. The van der Waals surface area contributed by atoms with Gasteiger partial charge in [0.2, 0.25) is 5.91 Å². The molecule has 2 aliphatic heterocycles. The normalized spacial score (nSPS) is 20.4. The van der Waals surface area contributed by atoms with Crippen LogP contribution in [0.5, 0.6) is 0 Å². The van der Waals surface area contributed by atoms with Gasteiger partial charge < -0.3 is 34.1 Å². The lowest BCUT2D eigenvalue weighted by molar-refractivity contribution is -0.132. The number of amides is 2. The van der Waals surface area contributed by atoms with Crippen molar-refractivity contribution < 1.29 is 33.4 Å². The highest BCUT2D eigenvalue weighted by Crippen LogP contribution is 2.28. The molecular formula is C44H63FN6O6. The lowest BCUT2D eigenvalue weighted by Crippen LogP contribution is -2.52. The Morgan fingerprint density at radius 1 is 0.930 bits per heavy atom. The van der Waals surface area contributed by atoms with Crippen LogP contribution in [0.4, 0.5) is 14.9 Å². The van der Waals surface area contributed by atoms with Crippen molar-refractivity contribution in [1.29, 1.82) is 0 Å². The van der Waals surface area contributed by atoms with E-state index in [0.29, 0.717) is 75.7 Å². The van der Waals surface area contributed by atoms with Gasteiger partial charge in [0.05, 0.1) is 6.10 Å². The summed E-state index contributed by atoms with van der Waals surface area (Å²) in [6.07, 6.45) is 17.4. The molecule has 5 rings (SSSR count). The molecule has 1 aromatic carbocycles. The number of aliphatic hydroxyl groups is 1. The predicted octanol–water partition coefficient (Wildman–Crippen LogP) is 5.99. The second kappa shape index (κ2) is 22.0. The molecule has 3 aliphatic rings. The number of aldehydes is 2. The molecule has 0 unspecified atom stereocenters. The van der Waals surface area contributed by atoms with E-state index in [-0.39, 0.29) is 42.6 Å². The van der Waals surface area contributed by atoms with Gasteiger partial charge >= 0.3 is 6.09 Å². The Morgan fingerprint density at radius 3 is 2.28 bits per heavy atom. The molecule has 1 N–H and O–H groups in total. The number of nitrogens with zero attached hydrogens (tertiary/aromatic N) is 6. The van der Waals surface area contributed by atoms with Crippen molar-refractivity contribution in [3.05, 3.63) is 65.8 Å². The monoisotopic (exact) mass is 790 g/mol. The molecule has 57 heavy (non-hydrogen) atoms. The average molecular weight is 791 g/mol. The first-order chi connectivity index (χ1) is 27.5. The summed E-state index contributed by atoms with van der Waals surface area (Å²) >= 11 is 0. The highest BCUT2D eigenvalue weighted by Gasteiger charge is 2.30. The maximum Gasteiger partial charge on any atom is 0.410 e. The molecule has 1 aromatic heterocycles. The lowest BCUT2D eigenvalue weighted by atomic mass is 9.86. The van der Waals surface area contributed by atoms with Crippen LogP contribution in [-0.4, -0.2) is 125 Å². The van der Waals surface area contributed by atoms with E-state index in [9.17, 15) is 28.7 Å². The Balaban J connectivity index is 1.21. The van der Waals surface area contributed by atoms with Gasteiger partial charge in [0.15, 0.2) is 0 Å². The summed E-state index contributed by atoms with van der Waals surface area (Å²) in [5.74, 6) is -1.33. The number of allylic oxidation sites excluding steroid dienone is 2. The smallest absolute Gasteiger partial charge is 0.410 e. The van der Waals surface area contributed by atoms with Gasteiger partial charge in [0.25, 0.3) is 0 Å². The summed E-state index contributed by atoms with van der Waals surface area (Å²) in [7, 11) is 0. The van der Waals surface area contributed by atoms with Crippen LogP contribution < -0.4 is 4.90 Å². The molecule has 0 bridgehead atoms. The number of hydrogen-bond donors (Lipinski definition) is 1. The SMILES string of the molecule is C/C(=C\c1cc(F)cc(N2CCN(C(=O)Cn3cccn3)CC2)c1)[C@@H](C=O)[C@@H](C)/C=C/[C@H](OC(=O)N1CCN(C2CCCCCC2)CC1)[C@@H](C)CC[C@@H](O)CC=O. The van der Waals surface area contributed by atoms with Gasteiger partial charge in [-0.1, -0.05) is 57.3 Å². The first-order valence-electron chi connectivity index (χ1n) is 21.0. The summed E-state index contributed by atoms with van der Waals surface area (Å²) in [5, 5.41) is 14.4. The zero-order chi connectivity index (χ0) is 40.7. The first kappa shape index (κ1) is 43.8. The fourth-order valence-corrected chi connectivity index (χ4v) is 8.40. The second-order valence-corrected chi connectivity index (χ2v) is 16.2. The third kappa shape index (κ3) is 13.1. The molecule has 2 saturated heterocycles. The molecule has 2 aromatic rings. The minimum Gasteiger partial charge on any atom is -0.442 e. The molecule has 5 atom stereocenters. The second-order valence-electron chi connectivity index (χ2n) is 16.2. The van der Waals surface area contributed by atoms with E-state index in [0.717, 1.165) is 24.9 Å². The number of carbonyl (C=O) groups excluding carboxylic acids is 4. The topological polar surface area (TPSA) is 129 Å². The van der Waals surface area contributed by atoms with Gasteiger partial charge in [0.1, 0.15) is 31.0 Å². The Labute approximate surface area is 337 Å². The summed E-state index contributed by atoms with van der Waals surface area (Å²) in [6.45, 7) is 11.0. The third-order valence-corrected chi connectivity index (χ3v) is 12.0. The largest absolute Gasteiger partial charge is 0.442 e. The van der Waals surface area contributed by atoms with Gasteiger partial charge in [-0.25, -0.2) is 9.18 Å². The van der Waals surface area contributed by atoms with Crippen molar-refractivity contribution in [3.8, 4) is 0 Å². The highest BCUT2D eigenvalue weighted by atomic mass is 19.1. The number of piperazine rings is 2. The minimum absolute atomic E-state index is 0.00866. The first-order valence-corrected chi connectivity index (χ1v) is 21.0. The van der Waals surface area contributed by atoms with Crippen LogP contribution in [0.25, 0.3) is 6.08 Å². The summed E-state index contributed by atoms with van der Waals surface area (Å²) in [4.78, 5) is 58.0. The quantitative estimate of drug-likeness (QED) is 0.117. The van der Waals surface area contributed by atoms with E-state index in [4.69, 9.17) is 4.74 Å². The lowest BCUT2D eigenvalue weighted by Gasteiger charge is -2.39. The van der Waals surface area contributed by atoms with Gasteiger partial charge in [-0.15, -0.1) is 0 Å². The number of carbonyl (C=O) groups is 4. The Morgan fingerprint density at radius 2 is 1.63 bits per heavy atom. The minimum atomic E-state index is -0.760. The Bertz CT molecular complexity index is 1640. The Kier molecular flexibility index (Phi) is 16.9. The molecule has 1 aliphatic carbocycles. The number of anilines is 1. The van der Waals surface area contributed by atoms with Crippen LogP contribution >= 0.6 is 0 Å². The number of aromatic nitrogens is 2. The molecule has 0 spiro atoms. The van der Waals surface area contributed by atoms with Crippen LogP contribution in [0.15, 0.2) is 54.4 Å². The molecule has 3 heterocycles. The van der Waals surface area contributed by atoms with E-state index in [1.807, 2.05) is 45.1 Å². The number of benzene rings is 1. The Hall–Kier alpha value is -4.36. The fraction of sp³-hybridized carbons (Fsp3) is 0.614. The van der Waals surface area contributed by atoms with Crippen molar-refractivity contribution in [2.45, 2.75) is 103 Å². The predicted molar refractivity (Wildman–Crippen MR) is 219 cm³/mol.